The van der Waals surface area contributed by atoms with Gasteiger partial charge >= 0.3 is 0 Å². The third-order valence-corrected chi connectivity index (χ3v) is 4.96. The number of carbonyl (C=O) groups excluding carboxylic acids is 1. The fourth-order valence-electron chi connectivity index (χ4n) is 3.44. The SMILES string of the molecule is CCn1c(-c2cc(NC(=O)[C@@H](C)Oc3ccccc3)n[nH]2)cc2cc(OC)ccc21. The van der Waals surface area contributed by atoms with E-state index < -0.39 is 6.10 Å². The molecule has 0 fully saturated rings. The zero-order chi connectivity index (χ0) is 21.1. The first kappa shape index (κ1) is 19.6. The van der Waals surface area contributed by atoms with Gasteiger partial charge < -0.3 is 19.4 Å². The molecule has 2 N–H and O–H groups in total. The van der Waals surface area contributed by atoms with Gasteiger partial charge in [-0.25, -0.2) is 0 Å². The molecule has 4 aromatic rings. The van der Waals surface area contributed by atoms with Gasteiger partial charge in [-0.15, -0.1) is 0 Å². The van der Waals surface area contributed by atoms with Gasteiger partial charge in [0.2, 0.25) is 0 Å². The van der Waals surface area contributed by atoms with Crippen LogP contribution in [0.4, 0.5) is 5.82 Å². The summed E-state index contributed by atoms with van der Waals surface area (Å²) < 4.78 is 13.2. The number of amides is 1. The Kier molecular flexibility index (Phi) is 5.43. The number of aromatic nitrogens is 3. The quantitative estimate of drug-likeness (QED) is 0.476. The van der Waals surface area contributed by atoms with E-state index >= 15 is 0 Å². The molecule has 7 nitrogen and oxygen atoms in total. The van der Waals surface area contributed by atoms with Gasteiger partial charge in [-0.3, -0.25) is 9.89 Å². The van der Waals surface area contributed by atoms with E-state index in [1.165, 1.54) is 0 Å². The van der Waals surface area contributed by atoms with E-state index in [0.29, 0.717) is 11.6 Å². The number of carbonyl (C=O) groups is 1. The Balaban J connectivity index is 1.53. The minimum Gasteiger partial charge on any atom is -0.497 e. The van der Waals surface area contributed by atoms with Gasteiger partial charge in [0.1, 0.15) is 11.5 Å². The van der Waals surface area contributed by atoms with Crippen molar-refractivity contribution in [3.8, 4) is 22.9 Å². The third-order valence-electron chi connectivity index (χ3n) is 4.96. The van der Waals surface area contributed by atoms with Crippen molar-refractivity contribution in [2.24, 2.45) is 0 Å². The van der Waals surface area contributed by atoms with Gasteiger partial charge in [0.05, 0.1) is 18.5 Å². The molecular formula is C23H24N4O3. The summed E-state index contributed by atoms with van der Waals surface area (Å²) in [7, 11) is 1.66. The van der Waals surface area contributed by atoms with Crippen molar-refractivity contribution >= 4 is 22.6 Å². The second kappa shape index (κ2) is 8.32. The van der Waals surface area contributed by atoms with E-state index in [1.54, 1.807) is 14.0 Å². The lowest BCUT2D eigenvalue weighted by atomic mass is 10.2. The first-order chi connectivity index (χ1) is 14.6. The Labute approximate surface area is 174 Å². The molecule has 0 unspecified atom stereocenters. The number of rotatable bonds is 7. The number of fused-ring (bicyclic) bond motifs is 1. The fraction of sp³-hybridized carbons (Fsp3) is 0.217. The number of nitrogens with one attached hydrogen (secondary N) is 2. The molecule has 0 aliphatic rings. The molecule has 0 spiro atoms. The first-order valence-electron chi connectivity index (χ1n) is 9.84. The van der Waals surface area contributed by atoms with Crippen molar-refractivity contribution in [1.29, 1.82) is 0 Å². The third kappa shape index (κ3) is 3.87. The van der Waals surface area contributed by atoms with Crippen LogP contribution in [0.1, 0.15) is 13.8 Å². The number of para-hydroxylation sites is 1. The van der Waals surface area contributed by atoms with E-state index in [1.807, 2.05) is 54.6 Å². The maximum Gasteiger partial charge on any atom is 0.266 e. The molecule has 0 saturated carbocycles. The van der Waals surface area contributed by atoms with Crippen molar-refractivity contribution < 1.29 is 14.3 Å². The van der Waals surface area contributed by atoms with Crippen LogP contribution in [-0.2, 0) is 11.3 Å². The molecule has 1 atom stereocenters. The Bertz CT molecular complexity index is 1160. The number of nitrogens with zero attached hydrogens (tertiary/aromatic N) is 2. The highest BCUT2D eigenvalue weighted by Gasteiger charge is 2.18. The van der Waals surface area contributed by atoms with Gasteiger partial charge in [-0.2, -0.15) is 5.10 Å². The van der Waals surface area contributed by atoms with Crippen LogP contribution in [0.25, 0.3) is 22.3 Å². The van der Waals surface area contributed by atoms with Crippen molar-refractivity contribution in [1.82, 2.24) is 14.8 Å². The van der Waals surface area contributed by atoms with E-state index in [0.717, 1.165) is 34.6 Å². The average Bonchev–Trinajstić information content (AvgIpc) is 3.37. The molecule has 154 valence electrons. The molecule has 2 aromatic heterocycles. The van der Waals surface area contributed by atoms with Crippen molar-refractivity contribution in [2.45, 2.75) is 26.5 Å². The van der Waals surface area contributed by atoms with Crippen molar-refractivity contribution in [3.05, 3.63) is 60.7 Å². The maximum absolute atomic E-state index is 12.5. The molecule has 4 rings (SSSR count). The Morgan fingerprint density at radius 2 is 1.93 bits per heavy atom. The molecule has 0 aliphatic carbocycles. The number of methoxy groups -OCH3 is 1. The van der Waals surface area contributed by atoms with Crippen LogP contribution in [-0.4, -0.2) is 33.9 Å². The van der Waals surface area contributed by atoms with E-state index in [2.05, 4.69) is 33.1 Å². The van der Waals surface area contributed by atoms with Gasteiger partial charge in [-0.05, 0) is 50.2 Å². The lowest BCUT2D eigenvalue weighted by Crippen LogP contribution is -2.30. The summed E-state index contributed by atoms with van der Waals surface area (Å²) >= 11 is 0. The summed E-state index contributed by atoms with van der Waals surface area (Å²) in [5.41, 5.74) is 2.92. The number of ether oxygens (including phenoxy) is 2. The highest BCUT2D eigenvalue weighted by molar-refractivity contribution is 5.94. The number of H-pyrrole nitrogens is 1. The molecule has 0 radical (unpaired) electrons. The van der Waals surface area contributed by atoms with Crippen LogP contribution in [0.15, 0.2) is 60.7 Å². The average molecular weight is 404 g/mol. The van der Waals surface area contributed by atoms with Crippen LogP contribution >= 0.6 is 0 Å². The normalized spacial score (nSPS) is 12.0. The Morgan fingerprint density at radius 3 is 2.67 bits per heavy atom. The van der Waals surface area contributed by atoms with Gasteiger partial charge in [0, 0.05) is 23.5 Å². The van der Waals surface area contributed by atoms with Crippen molar-refractivity contribution in [3.63, 3.8) is 0 Å². The standard InChI is InChI=1S/C23H24N4O3/c1-4-27-20-11-10-18(29-3)12-16(20)13-21(27)19-14-22(26-25-19)24-23(28)15(2)30-17-8-6-5-7-9-17/h5-15H,4H2,1-3H3,(H2,24,25,26,28)/t15-/m1/s1. The molecule has 30 heavy (non-hydrogen) atoms. The summed E-state index contributed by atoms with van der Waals surface area (Å²) in [6.45, 7) is 4.60. The summed E-state index contributed by atoms with van der Waals surface area (Å²) in [6.07, 6.45) is -0.651. The monoisotopic (exact) mass is 404 g/mol. The first-order valence-corrected chi connectivity index (χ1v) is 9.84. The smallest absolute Gasteiger partial charge is 0.266 e. The van der Waals surface area contributed by atoms with Crippen molar-refractivity contribution in [2.75, 3.05) is 12.4 Å². The van der Waals surface area contributed by atoms with Gasteiger partial charge in [0.15, 0.2) is 11.9 Å². The lowest BCUT2D eigenvalue weighted by molar-refractivity contribution is -0.122. The van der Waals surface area contributed by atoms with Crippen LogP contribution in [0.3, 0.4) is 0 Å². The largest absolute Gasteiger partial charge is 0.497 e. The zero-order valence-corrected chi connectivity index (χ0v) is 17.2. The predicted molar refractivity (Wildman–Crippen MR) is 117 cm³/mol. The highest BCUT2D eigenvalue weighted by Crippen LogP contribution is 2.30. The summed E-state index contributed by atoms with van der Waals surface area (Å²) in [5, 5.41) is 11.2. The molecule has 0 aliphatic heterocycles. The van der Waals surface area contributed by atoms with Gasteiger partial charge in [-0.1, -0.05) is 18.2 Å². The number of aromatic amines is 1. The number of hydrogen-bond acceptors (Lipinski definition) is 4. The highest BCUT2D eigenvalue weighted by atomic mass is 16.5. The lowest BCUT2D eigenvalue weighted by Gasteiger charge is -2.13. The van der Waals surface area contributed by atoms with Crippen LogP contribution in [0.2, 0.25) is 0 Å². The second-order valence-electron chi connectivity index (χ2n) is 6.93. The number of benzene rings is 2. The molecule has 0 saturated heterocycles. The summed E-state index contributed by atoms with van der Waals surface area (Å²) in [4.78, 5) is 12.5. The molecule has 0 bridgehead atoms. The molecule has 7 heteroatoms. The molecule has 2 aromatic carbocycles. The second-order valence-corrected chi connectivity index (χ2v) is 6.93. The fourth-order valence-corrected chi connectivity index (χ4v) is 3.44. The molecule has 2 heterocycles. The number of anilines is 1. The summed E-state index contributed by atoms with van der Waals surface area (Å²) in [6, 6.07) is 19.2. The van der Waals surface area contributed by atoms with Crippen LogP contribution in [0, 0.1) is 0 Å². The van der Waals surface area contributed by atoms with Gasteiger partial charge in [0.25, 0.3) is 5.91 Å². The number of hydrogen-bond donors (Lipinski definition) is 2. The van der Waals surface area contributed by atoms with E-state index in [4.69, 9.17) is 9.47 Å². The molecule has 1 amide bonds. The zero-order valence-electron chi connectivity index (χ0n) is 17.2. The molecular weight excluding hydrogens is 380 g/mol. The topological polar surface area (TPSA) is 81.2 Å². The van der Waals surface area contributed by atoms with Crippen LogP contribution in [0.5, 0.6) is 11.5 Å². The van der Waals surface area contributed by atoms with Crippen LogP contribution < -0.4 is 14.8 Å². The predicted octanol–water partition coefficient (Wildman–Crippen LogP) is 4.47. The Hall–Kier alpha value is -3.74. The summed E-state index contributed by atoms with van der Waals surface area (Å²) in [5.74, 6) is 1.64. The van der Waals surface area contributed by atoms with E-state index in [9.17, 15) is 4.79 Å². The minimum atomic E-state index is -0.651. The Morgan fingerprint density at radius 1 is 1.13 bits per heavy atom. The maximum atomic E-state index is 12.5. The number of aryl methyl sites for hydroxylation is 1. The minimum absolute atomic E-state index is 0.266. The van der Waals surface area contributed by atoms with E-state index in [-0.39, 0.29) is 5.91 Å².